The zero-order valence-corrected chi connectivity index (χ0v) is 9.68. The molecule has 1 fully saturated rings. The molecule has 1 heterocycles. The number of benzene rings is 1. The summed E-state index contributed by atoms with van der Waals surface area (Å²) >= 11 is 6.15. The number of para-hydroxylation sites is 1. The average molecular weight is 226 g/mol. The van der Waals surface area contributed by atoms with Crippen molar-refractivity contribution in [2.24, 2.45) is 0 Å². The lowest BCUT2D eigenvalue weighted by Gasteiger charge is -2.25. The van der Waals surface area contributed by atoms with Gasteiger partial charge in [-0.25, -0.2) is 0 Å². The summed E-state index contributed by atoms with van der Waals surface area (Å²) in [4.78, 5) is 0. The van der Waals surface area contributed by atoms with Crippen LogP contribution in [0.3, 0.4) is 0 Å². The highest BCUT2D eigenvalue weighted by atomic mass is 35.5. The van der Waals surface area contributed by atoms with E-state index in [0.717, 1.165) is 36.8 Å². The van der Waals surface area contributed by atoms with Crippen LogP contribution in [0, 0.1) is 6.92 Å². The van der Waals surface area contributed by atoms with Crippen LogP contribution in [-0.4, -0.2) is 19.3 Å². The fraction of sp³-hybridized carbons (Fsp3) is 0.500. The van der Waals surface area contributed by atoms with Gasteiger partial charge in [0.2, 0.25) is 0 Å². The van der Waals surface area contributed by atoms with Crippen LogP contribution in [0.15, 0.2) is 18.2 Å². The zero-order valence-electron chi connectivity index (χ0n) is 8.92. The van der Waals surface area contributed by atoms with Gasteiger partial charge >= 0.3 is 0 Å². The Morgan fingerprint density at radius 1 is 1.33 bits per heavy atom. The Labute approximate surface area is 95.6 Å². The van der Waals surface area contributed by atoms with Crippen LogP contribution >= 0.6 is 11.6 Å². The van der Waals surface area contributed by atoms with E-state index in [4.69, 9.17) is 16.3 Å². The predicted octanol–water partition coefficient (Wildman–Crippen LogP) is 3.24. The monoisotopic (exact) mass is 225 g/mol. The molecule has 1 saturated heterocycles. The summed E-state index contributed by atoms with van der Waals surface area (Å²) in [7, 11) is 0. The number of aryl methyl sites for hydroxylation is 1. The highest BCUT2D eigenvalue weighted by molar-refractivity contribution is 6.33. The van der Waals surface area contributed by atoms with E-state index in [1.165, 1.54) is 5.56 Å². The van der Waals surface area contributed by atoms with E-state index in [2.05, 4.69) is 18.3 Å². The third-order valence-corrected chi connectivity index (χ3v) is 3.11. The van der Waals surface area contributed by atoms with Crippen LogP contribution in [0.1, 0.15) is 18.4 Å². The summed E-state index contributed by atoms with van der Waals surface area (Å²) in [6, 6.07) is 6.48. The summed E-state index contributed by atoms with van der Waals surface area (Å²) in [6.45, 7) is 3.77. The summed E-state index contributed by atoms with van der Waals surface area (Å²) in [6.07, 6.45) is 2.12. The van der Waals surface area contributed by atoms with Gasteiger partial charge in [-0.05, 0) is 31.4 Å². The summed E-state index contributed by atoms with van der Waals surface area (Å²) in [5.74, 6) is 0. The minimum atomic E-state index is 0.498. The van der Waals surface area contributed by atoms with Gasteiger partial charge in [-0.1, -0.05) is 23.7 Å². The zero-order chi connectivity index (χ0) is 10.7. The normalized spacial score (nSPS) is 17.7. The van der Waals surface area contributed by atoms with Crippen molar-refractivity contribution < 1.29 is 4.74 Å². The molecule has 0 aliphatic carbocycles. The summed E-state index contributed by atoms with van der Waals surface area (Å²) in [5, 5.41) is 4.31. The minimum Gasteiger partial charge on any atom is -0.381 e. The van der Waals surface area contributed by atoms with Gasteiger partial charge in [-0.15, -0.1) is 0 Å². The smallest absolute Gasteiger partial charge is 0.0640 e. The summed E-state index contributed by atoms with van der Waals surface area (Å²) in [5.41, 5.74) is 2.28. The van der Waals surface area contributed by atoms with Crippen molar-refractivity contribution in [3.05, 3.63) is 28.8 Å². The molecule has 3 heteroatoms. The van der Waals surface area contributed by atoms with Gasteiger partial charge in [-0.2, -0.15) is 0 Å². The number of ether oxygens (including phenoxy) is 1. The number of hydrogen-bond donors (Lipinski definition) is 1. The lowest BCUT2D eigenvalue weighted by molar-refractivity contribution is 0.0904. The fourth-order valence-electron chi connectivity index (χ4n) is 1.86. The molecule has 1 aromatic carbocycles. The molecule has 1 aromatic rings. The SMILES string of the molecule is Cc1cccc(Cl)c1NC1CCOCC1. The maximum atomic E-state index is 6.15. The molecule has 1 N–H and O–H groups in total. The molecule has 2 rings (SSSR count). The molecule has 82 valence electrons. The lowest BCUT2D eigenvalue weighted by Crippen LogP contribution is -2.28. The van der Waals surface area contributed by atoms with Crippen molar-refractivity contribution in [2.45, 2.75) is 25.8 Å². The van der Waals surface area contributed by atoms with Gasteiger partial charge in [0.05, 0.1) is 10.7 Å². The van der Waals surface area contributed by atoms with Crippen LogP contribution < -0.4 is 5.32 Å². The standard InChI is InChI=1S/C12H16ClNO/c1-9-3-2-4-11(13)12(9)14-10-5-7-15-8-6-10/h2-4,10,14H,5-8H2,1H3. The van der Waals surface area contributed by atoms with Crippen molar-refractivity contribution in [1.29, 1.82) is 0 Å². The molecule has 0 bridgehead atoms. The third-order valence-electron chi connectivity index (χ3n) is 2.79. The van der Waals surface area contributed by atoms with Gasteiger partial charge < -0.3 is 10.1 Å². The van der Waals surface area contributed by atoms with Gasteiger partial charge in [0.15, 0.2) is 0 Å². The molecular weight excluding hydrogens is 210 g/mol. The van der Waals surface area contributed by atoms with Gasteiger partial charge in [-0.3, -0.25) is 0 Å². The van der Waals surface area contributed by atoms with Gasteiger partial charge in [0, 0.05) is 19.3 Å². The number of hydrogen-bond acceptors (Lipinski definition) is 2. The molecular formula is C12H16ClNO. The van der Waals surface area contributed by atoms with E-state index in [0.29, 0.717) is 6.04 Å². The van der Waals surface area contributed by atoms with Crippen LogP contribution in [0.25, 0.3) is 0 Å². The first-order valence-electron chi connectivity index (χ1n) is 5.37. The minimum absolute atomic E-state index is 0.498. The molecule has 15 heavy (non-hydrogen) atoms. The molecule has 0 radical (unpaired) electrons. The third kappa shape index (κ3) is 2.64. The first kappa shape index (κ1) is 10.8. The Morgan fingerprint density at radius 2 is 2.07 bits per heavy atom. The largest absolute Gasteiger partial charge is 0.381 e. The van der Waals surface area contributed by atoms with Crippen molar-refractivity contribution in [3.8, 4) is 0 Å². The Morgan fingerprint density at radius 3 is 2.73 bits per heavy atom. The first-order chi connectivity index (χ1) is 7.27. The quantitative estimate of drug-likeness (QED) is 0.835. The second kappa shape index (κ2) is 4.86. The van der Waals surface area contributed by atoms with Crippen LogP contribution in [-0.2, 0) is 4.74 Å². The first-order valence-corrected chi connectivity index (χ1v) is 5.74. The maximum Gasteiger partial charge on any atom is 0.0640 e. The topological polar surface area (TPSA) is 21.3 Å². The number of anilines is 1. The van der Waals surface area contributed by atoms with Crippen molar-refractivity contribution in [3.63, 3.8) is 0 Å². The Bertz CT molecular complexity index is 314. The van der Waals surface area contributed by atoms with E-state index >= 15 is 0 Å². The molecule has 2 nitrogen and oxygen atoms in total. The molecule has 0 saturated carbocycles. The van der Waals surface area contributed by atoms with Gasteiger partial charge in [0.25, 0.3) is 0 Å². The molecule has 0 atom stereocenters. The molecule has 1 aliphatic rings. The second-order valence-electron chi connectivity index (χ2n) is 3.96. The fourth-order valence-corrected chi connectivity index (χ4v) is 2.14. The Kier molecular flexibility index (Phi) is 3.49. The Balaban J connectivity index is 2.09. The van der Waals surface area contributed by atoms with Crippen LogP contribution in [0.2, 0.25) is 5.02 Å². The van der Waals surface area contributed by atoms with Crippen LogP contribution in [0.5, 0.6) is 0 Å². The van der Waals surface area contributed by atoms with E-state index < -0.39 is 0 Å². The lowest BCUT2D eigenvalue weighted by atomic mass is 10.1. The highest BCUT2D eigenvalue weighted by Gasteiger charge is 2.15. The van der Waals surface area contributed by atoms with E-state index in [-0.39, 0.29) is 0 Å². The Hall–Kier alpha value is -0.730. The van der Waals surface area contributed by atoms with Crippen LogP contribution in [0.4, 0.5) is 5.69 Å². The highest BCUT2D eigenvalue weighted by Crippen LogP contribution is 2.27. The summed E-state index contributed by atoms with van der Waals surface area (Å²) < 4.78 is 5.32. The molecule has 1 aliphatic heterocycles. The maximum absolute atomic E-state index is 6.15. The van der Waals surface area contributed by atoms with Crippen molar-refractivity contribution >= 4 is 17.3 Å². The molecule has 0 spiro atoms. The molecule has 0 unspecified atom stereocenters. The second-order valence-corrected chi connectivity index (χ2v) is 4.37. The van der Waals surface area contributed by atoms with Crippen molar-refractivity contribution in [1.82, 2.24) is 0 Å². The molecule has 0 aromatic heterocycles. The van der Waals surface area contributed by atoms with Gasteiger partial charge in [0.1, 0.15) is 0 Å². The van der Waals surface area contributed by atoms with Crippen molar-refractivity contribution in [2.75, 3.05) is 18.5 Å². The predicted molar refractivity (Wildman–Crippen MR) is 63.7 cm³/mol. The van der Waals surface area contributed by atoms with E-state index in [1.54, 1.807) is 0 Å². The number of rotatable bonds is 2. The number of nitrogens with one attached hydrogen (secondary N) is 1. The van der Waals surface area contributed by atoms with E-state index in [1.807, 2.05) is 12.1 Å². The average Bonchev–Trinajstić information content (AvgIpc) is 2.25. The van der Waals surface area contributed by atoms with E-state index in [9.17, 15) is 0 Å². The number of halogens is 1. The molecule has 0 amide bonds.